The number of aromatic nitrogens is 4. The first-order chi connectivity index (χ1) is 17.3. The van der Waals surface area contributed by atoms with Crippen LogP contribution in [-0.4, -0.2) is 78.2 Å². The van der Waals surface area contributed by atoms with E-state index < -0.39 is 28.8 Å². The van der Waals surface area contributed by atoms with Crippen molar-refractivity contribution < 1.29 is 24.3 Å². The fraction of sp³-hybridized carbons (Fsp3) is 0.636. The van der Waals surface area contributed by atoms with Crippen LogP contribution in [0.15, 0.2) is 6.20 Å². The van der Waals surface area contributed by atoms with E-state index in [0.29, 0.717) is 30.2 Å². The normalized spacial score (nSPS) is 18.9. The molecule has 204 valence electrons. The summed E-state index contributed by atoms with van der Waals surface area (Å²) < 4.78 is 12.5. The summed E-state index contributed by atoms with van der Waals surface area (Å²) in [6, 6.07) is -0.732. The summed E-state index contributed by atoms with van der Waals surface area (Å²) in [5, 5.41) is 30.3. The average molecular weight is 560 g/mol. The number of nitrogens with zero attached hydrogens (tertiary/aromatic N) is 6. The highest BCUT2D eigenvalue weighted by Gasteiger charge is 2.37. The lowest BCUT2D eigenvalue weighted by molar-refractivity contribution is -0.386. The molecule has 1 saturated heterocycles. The van der Waals surface area contributed by atoms with Crippen molar-refractivity contribution in [3.8, 4) is 5.88 Å². The molecule has 1 fully saturated rings. The van der Waals surface area contributed by atoms with Gasteiger partial charge in [0.25, 0.3) is 0 Å². The number of anilines is 1. The summed E-state index contributed by atoms with van der Waals surface area (Å²) >= 11 is 11.9. The highest BCUT2D eigenvalue weighted by atomic mass is 35.5. The number of piperidine rings is 1. The lowest BCUT2D eigenvalue weighted by Gasteiger charge is -2.36. The van der Waals surface area contributed by atoms with E-state index in [-0.39, 0.29) is 41.7 Å². The Hall–Kier alpha value is -2.90. The van der Waals surface area contributed by atoms with Gasteiger partial charge in [0, 0.05) is 19.0 Å². The predicted molar refractivity (Wildman–Crippen MR) is 136 cm³/mol. The first-order valence-electron chi connectivity index (χ1n) is 11.7. The number of hydrogen-bond donors (Lipinski definition) is 2. The van der Waals surface area contributed by atoms with Crippen LogP contribution in [0.2, 0.25) is 10.3 Å². The molecule has 3 atom stereocenters. The third-order valence-electron chi connectivity index (χ3n) is 5.67. The van der Waals surface area contributed by atoms with Crippen molar-refractivity contribution in [2.24, 2.45) is 0 Å². The first kappa shape index (κ1) is 28.7. The van der Waals surface area contributed by atoms with Crippen LogP contribution in [0, 0.1) is 17.0 Å². The lowest BCUT2D eigenvalue weighted by Crippen LogP contribution is -2.49. The first-order valence-corrected chi connectivity index (χ1v) is 12.5. The Bertz CT molecular complexity index is 1140. The second-order valence-corrected chi connectivity index (χ2v) is 10.6. The Kier molecular flexibility index (Phi) is 9.03. The summed E-state index contributed by atoms with van der Waals surface area (Å²) in [6.07, 6.45) is 0.639. The molecule has 0 aliphatic carbocycles. The van der Waals surface area contributed by atoms with Crippen LogP contribution in [0.1, 0.15) is 52.3 Å². The maximum absolute atomic E-state index is 12.4. The topological polar surface area (TPSA) is 158 Å². The maximum Gasteiger partial charge on any atom is 0.410 e. The van der Waals surface area contributed by atoms with Crippen LogP contribution < -0.4 is 10.1 Å². The monoisotopic (exact) mass is 559 g/mol. The minimum atomic E-state index is -0.999. The van der Waals surface area contributed by atoms with Crippen molar-refractivity contribution in [3.05, 3.63) is 32.3 Å². The number of ether oxygens (including phenoxy) is 2. The van der Waals surface area contributed by atoms with Crippen molar-refractivity contribution >= 4 is 40.8 Å². The number of hydrogen-bond acceptors (Lipinski definition) is 10. The molecular formula is C22H31Cl2N7O6. The second kappa shape index (κ2) is 11.7. The zero-order chi connectivity index (χ0) is 27.5. The molecule has 3 unspecified atom stereocenters. The highest BCUT2D eigenvalue weighted by molar-refractivity contribution is 6.33. The van der Waals surface area contributed by atoms with Crippen LogP contribution in [0.4, 0.5) is 16.3 Å². The van der Waals surface area contributed by atoms with E-state index >= 15 is 0 Å². The van der Waals surface area contributed by atoms with E-state index in [2.05, 4.69) is 20.4 Å². The molecule has 3 heterocycles. The van der Waals surface area contributed by atoms with E-state index in [4.69, 9.17) is 32.7 Å². The maximum atomic E-state index is 12.4. The molecule has 0 aromatic carbocycles. The van der Waals surface area contributed by atoms with Gasteiger partial charge in [-0.25, -0.2) is 9.78 Å². The largest absolute Gasteiger partial charge is 0.472 e. The predicted octanol–water partition coefficient (Wildman–Crippen LogP) is 4.01. The highest BCUT2D eigenvalue weighted by Crippen LogP contribution is 2.35. The molecule has 2 aromatic rings. The minimum Gasteiger partial charge on any atom is -0.472 e. The summed E-state index contributed by atoms with van der Waals surface area (Å²) in [5.41, 5.74) is -0.679. The Morgan fingerprint density at radius 3 is 2.73 bits per heavy atom. The van der Waals surface area contributed by atoms with E-state index in [0.717, 1.165) is 0 Å². The van der Waals surface area contributed by atoms with Crippen LogP contribution >= 0.6 is 23.2 Å². The van der Waals surface area contributed by atoms with Crippen molar-refractivity contribution in [1.82, 2.24) is 24.6 Å². The summed E-state index contributed by atoms with van der Waals surface area (Å²) in [6.45, 7) is 9.14. The average Bonchev–Trinajstić information content (AvgIpc) is 3.11. The molecule has 0 saturated carbocycles. The SMILES string of the molecule is Cc1c([N+](=O)[O-])c(OCCC(C)Nc2nc(Cl)ncc2Cl)nn1C1CCN(C(=O)OC(C)(C)C)CC1O. The van der Waals surface area contributed by atoms with Crippen LogP contribution in [0.3, 0.4) is 0 Å². The van der Waals surface area contributed by atoms with Gasteiger partial charge in [-0.05, 0) is 52.6 Å². The number of likely N-dealkylation sites (tertiary alicyclic amines) is 1. The van der Waals surface area contributed by atoms with Crippen LogP contribution in [-0.2, 0) is 4.74 Å². The number of nitro groups is 1. The van der Waals surface area contributed by atoms with Crippen LogP contribution in [0.5, 0.6) is 5.88 Å². The molecule has 1 aliphatic heterocycles. The fourth-order valence-electron chi connectivity index (χ4n) is 3.90. The number of carbonyl (C=O) groups excluding carboxylic acids is 1. The van der Waals surface area contributed by atoms with Crippen molar-refractivity contribution in [3.63, 3.8) is 0 Å². The zero-order valence-corrected chi connectivity index (χ0v) is 22.8. The molecule has 0 spiro atoms. The van der Waals surface area contributed by atoms with Gasteiger partial charge in [0.15, 0.2) is 0 Å². The van der Waals surface area contributed by atoms with Gasteiger partial charge in [-0.15, -0.1) is 5.10 Å². The van der Waals surface area contributed by atoms with Gasteiger partial charge in [-0.2, -0.15) is 4.98 Å². The molecule has 0 radical (unpaired) electrons. The second-order valence-electron chi connectivity index (χ2n) is 9.81. The molecular weight excluding hydrogens is 529 g/mol. The van der Waals surface area contributed by atoms with Crippen molar-refractivity contribution in [1.29, 1.82) is 0 Å². The summed E-state index contributed by atoms with van der Waals surface area (Å²) in [5.74, 6) is 0.228. The van der Waals surface area contributed by atoms with E-state index in [9.17, 15) is 20.0 Å². The molecule has 1 aliphatic rings. The van der Waals surface area contributed by atoms with Gasteiger partial charge < -0.3 is 24.8 Å². The number of halogens is 2. The van der Waals surface area contributed by atoms with E-state index in [1.807, 2.05) is 6.92 Å². The van der Waals surface area contributed by atoms with Crippen molar-refractivity contribution in [2.45, 2.75) is 71.2 Å². The van der Waals surface area contributed by atoms with Crippen LogP contribution in [0.25, 0.3) is 0 Å². The standard InChI is InChI=1S/C22H31Cl2N7O6/c1-12(26-18-14(23)10-25-20(24)27-18)7-9-36-19-17(31(34)35)13(2)30(28-19)15-6-8-29(11-16(15)32)21(33)37-22(3,4)5/h10,12,15-16,32H,6-9,11H2,1-5H3,(H,25,26,27). The van der Waals surface area contributed by atoms with Gasteiger partial charge in [-0.1, -0.05) is 11.6 Å². The molecule has 1 amide bonds. The molecule has 2 N–H and O–H groups in total. The van der Waals surface area contributed by atoms with E-state index in [1.165, 1.54) is 15.8 Å². The third kappa shape index (κ3) is 7.33. The number of amides is 1. The quantitative estimate of drug-likeness (QED) is 0.275. The lowest BCUT2D eigenvalue weighted by atomic mass is 10.0. The molecule has 37 heavy (non-hydrogen) atoms. The Morgan fingerprint density at radius 1 is 1.41 bits per heavy atom. The van der Waals surface area contributed by atoms with Gasteiger partial charge in [0.05, 0.1) is 36.4 Å². The van der Waals surface area contributed by atoms with Crippen molar-refractivity contribution in [2.75, 3.05) is 25.0 Å². The number of nitrogens with one attached hydrogen (secondary N) is 1. The Labute approximate surface area is 224 Å². The van der Waals surface area contributed by atoms with Gasteiger partial charge >= 0.3 is 17.7 Å². The molecule has 3 rings (SSSR count). The molecule has 13 nitrogen and oxygen atoms in total. The van der Waals surface area contributed by atoms with E-state index in [1.54, 1.807) is 27.7 Å². The molecule has 2 aromatic heterocycles. The van der Waals surface area contributed by atoms with Gasteiger partial charge in [0.2, 0.25) is 5.28 Å². The number of aliphatic hydroxyl groups excluding tert-OH is 1. The fourth-order valence-corrected chi connectivity index (χ4v) is 4.17. The Balaban J connectivity index is 1.66. The number of carbonyl (C=O) groups is 1. The summed E-state index contributed by atoms with van der Waals surface area (Å²) in [7, 11) is 0. The molecule has 15 heteroatoms. The Morgan fingerprint density at radius 2 is 2.11 bits per heavy atom. The summed E-state index contributed by atoms with van der Waals surface area (Å²) in [4.78, 5) is 32.9. The number of β-amino-alcohol motifs (C(OH)–C–C–N with tert-alkyl or cyclic N) is 1. The number of aliphatic hydroxyl groups is 1. The smallest absolute Gasteiger partial charge is 0.410 e. The minimum absolute atomic E-state index is 0.0155. The van der Waals surface area contributed by atoms with Gasteiger partial charge in [0.1, 0.15) is 22.1 Å². The van der Waals surface area contributed by atoms with Gasteiger partial charge in [-0.3, -0.25) is 14.8 Å². The zero-order valence-electron chi connectivity index (χ0n) is 21.3. The number of rotatable bonds is 8. The molecule has 0 bridgehead atoms. The third-order valence-corrected chi connectivity index (χ3v) is 6.13.